The molecule has 1 N–H and O–H groups in total. The Kier molecular flexibility index (Phi) is 3.80. The van der Waals surface area contributed by atoms with Gasteiger partial charge in [-0.05, 0) is 37.4 Å². The molecule has 0 saturated carbocycles. The summed E-state index contributed by atoms with van der Waals surface area (Å²) in [6, 6.07) is 8.78. The number of thiazole rings is 1. The Morgan fingerprint density at radius 1 is 1.47 bits per heavy atom. The third-order valence-electron chi connectivity index (χ3n) is 3.75. The Balaban J connectivity index is 1.80. The second-order valence-electron chi connectivity index (χ2n) is 4.85. The van der Waals surface area contributed by atoms with E-state index in [9.17, 15) is 0 Å². The first-order valence-corrected chi connectivity index (χ1v) is 7.54. The first kappa shape index (κ1) is 12.6. The molecule has 0 radical (unpaired) electrons. The van der Waals surface area contributed by atoms with Crippen LogP contribution >= 0.6 is 11.3 Å². The maximum absolute atomic E-state index is 5.73. The minimum Gasteiger partial charge on any atom is -0.493 e. The summed E-state index contributed by atoms with van der Waals surface area (Å²) in [7, 11) is 2.02. The largest absolute Gasteiger partial charge is 0.493 e. The highest BCUT2D eigenvalue weighted by Crippen LogP contribution is 2.39. The number of para-hydroxylation sites is 1. The molecule has 0 spiro atoms. The van der Waals surface area contributed by atoms with Crippen molar-refractivity contribution in [1.29, 1.82) is 0 Å². The van der Waals surface area contributed by atoms with E-state index >= 15 is 0 Å². The highest BCUT2D eigenvalue weighted by atomic mass is 32.1. The van der Waals surface area contributed by atoms with Gasteiger partial charge in [0.1, 0.15) is 5.75 Å². The molecule has 4 heteroatoms. The molecule has 2 atom stereocenters. The Morgan fingerprint density at radius 3 is 3.16 bits per heavy atom. The molecule has 2 unspecified atom stereocenters. The van der Waals surface area contributed by atoms with Crippen molar-refractivity contribution in [3.63, 3.8) is 0 Å². The van der Waals surface area contributed by atoms with Crippen LogP contribution in [0.1, 0.15) is 35.2 Å². The number of nitrogens with zero attached hydrogens (tertiary/aromatic N) is 1. The maximum Gasteiger partial charge on any atom is 0.122 e. The molecule has 0 aliphatic carbocycles. The van der Waals surface area contributed by atoms with E-state index in [1.807, 2.05) is 24.8 Å². The summed E-state index contributed by atoms with van der Waals surface area (Å²) >= 11 is 1.72. The van der Waals surface area contributed by atoms with Gasteiger partial charge in [0.25, 0.3) is 0 Å². The van der Waals surface area contributed by atoms with Crippen LogP contribution in [0.25, 0.3) is 0 Å². The molecule has 0 bridgehead atoms. The van der Waals surface area contributed by atoms with Gasteiger partial charge in [-0.25, -0.2) is 0 Å². The molecule has 0 saturated heterocycles. The first-order chi connectivity index (χ1) is 9.38. The second-order valence-corrected chi connectivity index (χ2v) is 5.77. The molecule has 1 aromatic heterocycles. The smallest absolute Gasteiger partial charge is 0.122 e. The molecule has 2 aromatic rings. The molecule has 1 aliphatic rings. The van der Waals surface area contributed by atoms with E-state index in [4.69, 9.17) is 4.74 Å². The van der Waals surface area contributed by atoms with E-state index in [2.05, 4.69) is 28.5 Å². The number of hydrogen-bond acceptors (Lipinski definition) is 4. The minimum atomic E-state index is 0.378. The molecule has 100 valence electrons. The average Bonchev–Trinajstić information content (AvgIpc) is 2.99. The Hall–Kier alpha value is -1.39. The van der Waals surface area contributed by atoms with Gasteiger partial charge < -0.3 is 10.1 Å². The first-order valence-electron chi connectivity index (χ1n) is 6.66. The molecule has 3 nitrogen and oxygen atoms in total. The Bertz CT molecular complexity index is 527. The van der Waals surface area contributed by atoms with Gasteiger partial charge in [-0.15, -0.1) is 11.3 Å². The van der Waals surface area contributed by atoms with Crippen LogP contribution in [0.5, 0.6) is 5.75 Å². The second kappa shape index (κ2) is 5.72. The van der Waals surface area contributed by atoms with Crippen LogP contribution in [-0.4, -0.2) is 18.6 Å². The summed E-state index contributed by atoms with van der Waals surface area (Å²) in [5.41, 5.74) is 3.25. The van der Waals surface area contributed by atoms with Crippen LogP contribution in [-0.2, 0) is 0 Å². The Morgan fingerprint density at radius 2 is 2.37 bits per heavy atom. The van der Waals surface area contributed by atoms with Gasteiger partial charge in [0.05, 0.1) is 12.1 Å². The lowest BCUT2D eigenvalue weighted by molar-refractivity contribution is 0.256. The van der Waals surface area contributed by atoms with Crippen molar-refractivity contribution in [3.8, 4) is 5.75 Å². The van der Waals surface area contributed by atoms with Crippen molar-refractivity contribution in [1.82, 2.24) is 10.3 Å². The topological polar surface area (TPSA) is 34.1 Å². The van der Waals surface area contributed by atoms with E-state index in [1.165, 1.54) is 10.4 Å². The van der Waals surface area contributed by atoms with Gasteiger partial charge in [0.2, 0.25) is 0 Å². The Labute approximate surface area is 117 Å². The van der Waals surface area contributed by atoms with Gasteiger partial charge in [0, 0.05) is 17.1 Å². The molecule has 2 heterocycles. The van der Waals surface area contributed by atoms with Crippen LogP contribution in [0.4, 0.5) is 0 Å². The summed E-state index contributed by atoms with van der Waals surface area (Å²) in [4.78, 5) is 5.49. The SMILES string of the molecule is CNC(CC1CCOc2ccccc21)c1cncs1. The molecule has 19 heavy (non-hydrogen) atoms. The highest BCUT2D eigenvalue weighted by molar-refractivity contribution is 7.09. The van der Waals surface area contributed by atoms with E-state index in [1.54, 1.807) is 11.3 Å². The zero-order chi connectivity index (χ0) is 13.1. The van der Waals surface area contributed by atoms with Crippen molar-refractivity contribution < 1.29 is 4.74 Å². The van der Waals surface area contributed by atoms with Crippen molar-refractivity contribution in [2.24, 2.45) is 0 Å². The number of hydrogen-bond donors (Lipinski definition) is 1. The van der Waals surface area contributed by atoms with Crippen molar-refractivity contribution in [3.05, 3.63) is 46.4 Å². The van der Waals surface area contributed by atoms with Crippen molar-refractivity contribution in [2.45, 2.75) is 24.8 Å². The zero-order valence-corrected chi connectivity index (χ0v) is 11.8. The average molecular weight is 274 g/mol. The number of fused-ring (bicyclic) bond motifs is 1. The molecular weight excluding hydrogens is 256 g/mol. The molecule has 1 aliphatic heterocycles. The van der Waals surface area contributed by atoms with Crippen LogP contribution in [0.15, 0.2) is 36.0 Å². The van der Waals surface area contributed by atoms with E-state index in [0.29, 0.717) is 12.0 Å². The van der Waals surface area contributed by atoms with Crippen molar-refractivity contribution >= 4 is 11.3 Å². The monoisotopic (exact) mass is 274 g/mol. The van der Waals surface area contributed by atoms with E-state index in [0.717, 1.165) is 25.2 Å². The van der Waals surface area contributed by atoms with Gasteiger partial charge in [-0.1, -0.05) is 18.2 Å². The third kappa shape index (κ3) is 2.65. The van der Waals surface area contributed by atoms with Crippen LogP contribution < -0.4 is 10.1 Å². The normalized spacial score (nSPS) is 19.5. The van der Waals surface area contributed by atoms with Crippen LogP contribution in [0.2, 0.25) is 0 Å². The maximum atomic E-state index is 5.73. The predicted octanol–water partition coefficient (Wildman–Crippen LogP) is 3.36. The number of rotatable bonds is 4. The standard InChI is InChI=1S/C15H18N2OS/c1-16-13(15-9-17-10-19-15)8-11-6-7-18-14-5-3-2-4-12(11)14/h2-5,9-11,13,16H,6-8H2,1H3. The predicted molar refractivity (Wildman–Crippen MR) is 77.8 cm³/mol. The van der Waals surface area contributed by atoms with Gasteiger partial charge in [-0.3, -0.25) is 4.98 Å². The molecular formula is C15H18N2OS. The fourth-order valence-corrected chi connectivity index (χ4v) is 3.46. The molecule has 0 fully saturated rings. The van der Waals surface area contributed by atoms with E-state index < -0.39 is 0 Å². The lowest BCUT2D eigenvalue weighted by Gasteiger charge is -2.28. The minimum absolute atomic E-state index is 0.378. The number of aromatic nitrogens is 1. The quantitative estimate of drug-likeness (QED) is 0.928. The number of ether oxygens (including phenoxy) is 1. The summed E-state index contributed by atoms with van der Waals surface area (Å²) in [6.45, 7) is 0.820. The van der Waals surface area contributed by atoms with Gasteiger partial charge in [0.15, 0.2) is 0 Å². The van der Waals surface area contributed by atoms with Crippen LogP contribution in [0, 0.1) is 0 Å². The van der Waals surface area contributed by atoms with Gasteiger partial charge >= 0.3 is 0 Å². The molecule has 0 amide bonds. The summed E-state index contributed by atoms with van der Waals surface area (Å²) in [6.07, 6.45) is 4.16. The number of benzene rings is 1. The van der Waals surface area contributed by atoms with Crippen LogP contribution in [0.3, 0.4) is 0 Å². The molecule has 3 rings (SSSR count). The fraction of sp³-hybridized carbons (Fsp3) is 0.400. The number of nitrogens with one attached hydrogen (secondary N) is 1. The third-order valence-corrected chi connectivity index (χ3v) is 4.64. The lowest BCUT2D eigenvalue weighted by atomic mass is 9.87. The summed E-state index contributed by atoms with van der Waals surface area (Å²) in [5, 5.41) is 3.41. The molecule has 1 aromatic carbocycles. The zero-order valence-electron chi connectivity index (χ0n) is 11.0. The lowest BCUT2D eigenvalue weighted by Crippen LogP contribution is -2.22. The summed E-state index contributed by atoms with van der Waals surface area (Å²) in [5.74, 6) is 1.61. The van der Waals surface area contributed by atoms with E-state index in [-0.39, 0.29) is 0 Å². The van der Waals surface area contributed by atoms with Crippen molar-refractivity contribution in [2.75, 3.05) is 13.7 Å². The fourth-order valence-electron chi connectivity index (χ4n) is 2.72. The summed E-state index contributed by atoms with van der Waals surface area (Å²) < 4.78 is 5.73. The van der Waals surface area contributed by atoms with Gasteiger partial charge in [-0.2, -0.15) is 0 Å². The highest BCUT2D eigenvalue weighted by Gasteiger charge is 2.24.